The highest BCUT2D eigenvalue weighted by Crippen LogP contribution is 2.47. The van der Waals surface area contributed by atoms with Gasteiger partial charge < -0.3 is 9.47 Å². The SMILES string of the molecule is COc1cccc2c1C(NS(=O)(=O)c1ccc(C)cc1)c1ccccc1O2. The van der Waals surface area contributed by atoms with Crippen LogP contribution in [-0.4, -0.2) is 15.5 Å². The normalized spacial score (nSPS) is 15.4. The number of methoxy groups -OCH3 is 1. The van der Waals surface area contributed by atoms with Crippen molar-refractivity contribution in [1.82, 2.24) is 4.72 Å². The molecule has 0 radical (unpaired) electrons. The number of fused-ring (bicyclic) bond motifs is 2. The maximum atomic E-state index is 13.0. The van der Waals surface area contributed by atoms with E-state index in [0.29, 0.717) is 22.8 Å². The van der Waals surface area contributed by atoms with Crippen LogP contribution >= 0.6 is 0 Å². The van der Waals surface area contributed by atoms with Crippen LogP contribution in [0, 0.1) is 6.92 Å². The van der Waals surface area contributed by atoms with Gasteiger partial charge in [-0.15, -0.1) is 0 Å². The Balaban J connectivity index is 1.84. The number of rotatable bonds is 4. The lowest BCUT2D eigenvalue weighted by Crippen LogP contribution is -2.31. The molecule has 1 unspecified atom stereocenters. The van der Waals surface area contributed by atoms with Gasteiger partial charge in [-0.05, 0) is 37.3 Å². The maximum Gasteiger partial charge on any atom is 0.241 e. The fraction of sp³-hybridized carbons (Fsp3) is 0.143. The summed E-state index contributed by atoms with van der Waals surface area (Å²) in [4.78, 5) is 0.216. The van der Waals surface area contributed by atoms with E-state index < -0.39 is 16.1 Å². The number of hydrogen-bond acceptors (Lipinski definition) is 4. The summed E-state index contributed by atoms with van der Waals surface area (Å²) in [7, 11) is -2.19. The lowest BCUT2D eigenvalue weighted by Gasteiger charge is -2.30. The molecule has 3 aromatic carbocycles. The standard InChI is InChI=1S/C21H19NO4S/c1-14-10-12-15(13-11-14)27(23,24)22-21-16-6-3-4-7-17(16)26-19-9-5-8-18(25-2)20(19)21/h3-13,21-22H,1-2H3. The number of nitrogens with one attached hydrogen (secondary N) is 1. The first-order chi connectivity index (χ1) is 13.0. The van der Waals surface area contributed by atoms with Crippen molar-refractivity contribution in [2.45, 2.75) is 17.9 Å². The summed E-state index contributed by atoms with van der Waals surface area (Å²) in [6.45, 7) is 1.92. The predicted molar refractivity (Wildman–Crippen MR) is 103 cm³/mol. The van der Waals surface area contributed by atoms with E-state index in [1.807, 2.05) is 37.3 Å². The number of hydrogen-bond donors (Lipinski definition) is 1. The summed E-state index contributed by atoms with van der Waals surface area (Å²) in [6.07, 6.45) is 0. The van der Waals surface area contributed by atoms with Crippen molar-refractivity contribution in [2.75, 3.05) is 7.11 Å². The molecule has 0 fully saturated rings. The third-order valence-electron chi connectivity index (χ3n) is 4.59. The van der Waals surface area contributed by atoms with E-state index in [9.17, 15) is 8.42 Å². The van der Waals surface area contributed by atoms with Crippen molar-refractivity contribution in [2.24, 2.45) is 0 Å². The first-order valence-electron chi connectivity index (χ1n) is 8.52. The van der Waals surface area contributed by atoms with Crippen LogP contribution in [-0.2, 0) is 10.0 Å². The molecular formula is C21H19NO4S. The number of ether oxygens (including phenoxy) is 2. The fourth-order valence-electron chi connectivity index (χ4n) is 3.22. The lowest BCUT2D eigenvalue weighted by atomic mass is 9.94. The van der Waals surface area contributed by atoms with Crippen LogP contribution < -0.4 is 14.2 Å². The maximum absolute atomic E-state index is 13.0. The number of benzene rings is 3. The Morgan fingerprint density at radius 1 is 0.926 bits per heavy atom. The van der Waals surface area contributed by atoms with Crippen LogP contribution in [0.15, 0.2) is 71.6 Å². The third-order valence-corrected chi connectivity index (χ3v) is 6.03. The molecule has 138 valence electrons. The zero-order chi connectivity index (χ0) is 19.0. The van der Waals surface area contributed by atoms with Crippen molar-refractivity contribution in [3.63, 3.8) is 0 Å². The van der Waals surface area contributed by atoms with Gasteiger partial charge in [-0.3, -0.25) is 0 Å². The molecule has 1 atom stereocenters. The molecule has 4 rings (SSSR count). The molecular weight excluding hydrogens is 362 g/mol. The van der Waals surface area contributed by atoms with E-state index in [4.69, 9.17) is 9.47 Å². The van der Waals surface area contributed by atoms with Gasteiger partial charge in [0.25, 0.3) is 0 Å². The molecule has 0 aliphatic carbocycles. The van der Waals surface area contributed by atoms with Crippen LogP contribution in [0.3, 0.4) is 0 Å². The number of sulfonamides is 1. The smallest absolute Gasteiger partial charge is 0.241 e. The van der Waals surface area contributed by atoms with Gasteiger partial charge in [-0.25, -0.2) is 8.42 Å². The Morgan fingerprint density at radius 2 is 1.63 bits per heavy atom. The molecule has 1 aliphatic rings. The fourth-order valence-corrected chi connectivity index (χ4v) is 4.41. The Bertz CT molecular complexity index is 1090. The Labute approximate surface area is 158 Å². The van der Waals surface area contributed by atoms with Gasteiger partial charge in [0.05, 0.1) is 23.6 Å². The van der Waals surface area contributed by atoms with E-state index in [1.54, 1.807) is 43.5 Å². The van der Waals surface area contributed by atoms with Gasteiger partial charge in [0.15, 0.2) is 0 Å². The summed E-state index contributed by atoms with van der Waals surface area (Å²) < 4.78 is 40.4. The van der Waals surface area contributed by atoms with Crippen molar-refractivity contribution in [3.05, 3.63) is 83.4 Å². The van der Waals surface area contributed by atoms with Gasteiger partial charge in [0.2, 0.25) is 10.0 Å². The van der Waals surface area contributed by atoms with E-state index in [2.05, 4.69) is 4.72 Å². The van der Waals surface area contributed by atoms with Crippen molar-refractivity contribution in [3.8, 4) is 17.2 Å². The molecule has 0 spiro atoms. The average molecular weight is 381 g/mol. The quantitative estimate of drug-likeness (QED) is 0.736. The van der Waals surface area contributed by atoms with Crippen LogP contribution in [0.4, 0.5) is 0 Å². The second-order valence-corrected chi connectivity index (χ2v) is 8.09. The number of para-hydroxylation sites is 1. The molecule has 0 aromatic heterocycles. The van der Waals surface area contributed by atoms with Gasteiger partial charge >= 0.3 is 0 Å². The summed E-state index contributed by atoms with van der Waals surface area (Å²) >= 11 is 0. The number of aryl methyl sites for hydroxylation is 1. The Hall–Kier alpha value is -2.83. The highest BCUT2D eigenvalue weighted by atomic mass is 32.2. The van der Waals surface area contributed by atoms with Crippen molar-refractivity contribution in [1.29, 1.82) is 0 Å². The van der Waals surface area contributed by atoms with Gasteiger partial charge in [0.1, 0.15) is 17.2 Å². The van der Waals surface area contributed by atoms with Gasteiger partial charge in [-0.2, -0.15) is 4.72 Å². The van der Waals surface area contributed by atoms with E-state index in [-0.39, 0.29) is 4.90 Å². The predicted octanol–water partition coefficient (Wildman–Crippen LogP) is 4.18. The average Bonchev–Trinajstić information content (AvgIpc) is 2.67. The van der Waals surface area contributed by atoms with E-state index >= 15 is 0 Å². The molecule has 0 saturated heterocycles. The first-order valence-corrected chi connectivity index (χ1v) is 10.0. The lowest BCUT2D eigenvalue weighted by molar-refractivity contribution is 0.387. The second-order valence-electron chi connectivity index (χ2n) is 6.38. The minimum absolute atomic E-state index is 0.216. The zero-order valence-electron chi connectivity index (χ0n) is 15.0. The Morgan fingerprint density at radius 3 is 2.37 bits per heavy atom. The van der Waals surface area contributed by atoms with E-state index in [1.165, 1.54) is 0 Å². The highest BCUT2D eigenvalue weighted by molar-refractivity contribution is 7.89. The van der Waals surface area contributed by atoms with Crippen LogP contribution in [0.2, 0.25) is 0 Å². The topological polar surface area (TPSA) is 64.6 Å². The monoisotopic (exact) mass is 381 g/mol. The summed E-state index contributed by atoms with van der Waals surface area (Å²) in [6, 6.07) is 19.0. The molecule has 3 aromatic rings. The minimum atomic E-state index is -3.75. The molecule has 1 N–H and O–H groups in total. The molecule has 27 heavy (non-hydrogen) atoms. The first kappa shape index (κ1) is 17.6. The van der Waals surface area contributed by atoms with Gasteiger partial charge in [0, 0.05) is 5.56 Å². The third kappa shape index (κ3) is 3.18. The molecule has 0 saturated carbocycles. The summed E-state index contributed by atoms with van der Waals surface area (Å²) in [5.41, 5.74) is 2.40. The van der Waals surface area contributed by atoms with Crippen LogP contribution in [0.25, 0.3) is 0 Å². The highest BCUT2D eigenvalue weighted by Gasteiger charge is 2.33. The molecule has 6 heteroatoms. The molecule has 1 aliphatic heterocycles. The van der Waals surface area contributed by atoms with Gasteiger partial charge in [-0.1, -0.05) is 42.0 Å². The van der Waals surface area contributed by atoms with Crippen molar-refractivity contribution >= 4 is 10.0 Å². The largest absolute Gasteiger partial charge is 0.496 e. The molecule has 0 bridgehead atoms. The minimum Gasteiger partial charge on any atom is -0.496 e. The van der Waals surface area contributed by atoms with Crippen LogP contribution in [0.5, 0.6) is 17.2 Å². The summed E-state index contributed by atoms with van der Waals surface area (Å²) in [5.74, 6) is 1.76. The zero-order valence-corrected chi connectivity index (χ0v) is 15.8. The molecule has 1 heterocycles. The molecule has 0 amide bonds. The van der Waals surface area contributed by atoms with Crippen LogP contribution in [0.1, 0.15) is 22.7 Å². The summed E-state index contributed by atoms with van der Waals surface area (Å²) in [5, 5.41) is 0. The second kappa shape index (κ2) is 6.72. The Kier molecular flexibility index (Phi) is 4.37. The van der Waals surface area contributed by atoms with E-state index in [0.717, 1.165) is 11.1 Å². The van der Waals surface area contributed by atoms with Crippen molar-refractivity contribution < 1.29 is 17.9 Å². The molecule has 5 nitrogen and oxygen atoms in total.